The third-order valence-corrected chi connectivity index (χ3v) is 5.12. The van der Waals surface area contributed by atoms with E-state index in [4.69, 9.17) is 4.74 Å². The topological polar surface area (TPSA) is 9.23 Å². The summed E-state index contributed by atoms with van der Waals surface area (Å²) in [7, 11) is 0. The van der Waals surface area contributed by atoms with Crippen LogP contribution in [0.1, 0.15) is 43.7 Å². The van der Waals surface area contributed by atoms with E-state index in [2.05, 4.69) is 61.5 Å². The van der Waals surface area contributed by atoms with Crippen LogP contribution in [0.2, 0.25) is 0 Å². The van der Waals surface area contributed by atoms with Gasteiger partial charge in [-0.3, -0.25) is 0 Å². The molecule has 1 nitrogen and oxygen atoms in total. The molecular weight excluding hydrogens is 316 g/mol. The quantitative estimate of drug-likeness (QED) is 0.350. The third-order valence-electron chi connectivity index (χ3n) is 5.12. The van der Waals surface area contributed by atoms with E-state index < -0.39 is 0 Å². The van der Waals surface area contributed by atoms with Crippen LogP contribution < -0.4 is 4.74 Å². The Morgan fingerprint density at radius 2 is 1.77 bits per heavy atom. The van der Waals surface area contributed by atoms with Crippen LogP contribution in [0.15, 0.2) is 54.6 Å². The lowest BCUT2D eigenvalue weighted by atomic mass is 9.96. The van der Waals surface area contributed by atoms with E-state index in [1.807, 2.05) is 12.1 Å². The van der Waals surface area contributed by atoms with Crippen molar-refractivity contribution in [3.63, 3.8) is 0 Å². The Kier molecular flexibility index (Phi) is 5.06. The molecule has 0 unspecified atom stereocenters. The van der Waals surface area contributed by atoms with Crippen molar-refractivity contribution in [2.45, 2.75) is 39.0 Å². The lowest BCUT2D eigenvalue weighted by Crippen LogP contribution is -1.97. The molecular formula is C25H24O. The van der Waals surface area contributed by atoms with E-state index in [0.717, 1.165) is 25.2 Å². The largest absolute Gasteiger partial charge is 0.494 e. The summed E-state index contributed by atoms with van der Waals surface area (Å²) in [6, 6.07) is 25.6. The Bertz CT molecular complexity index is 877. The Morgan fingerprint density at radius 3 is 2.62 bits per heavy atom. The maximum absolute atomic E-state index is 5.87. The van der Waals surface area contributed by atoms with Gasteiger partial charge in [0, 0.05) is 0 Å². The van der Waals surface area contributed by atoms with E-state index >= 15 is 0 Å². The van der Waals surface area contributed by atoms with Crippen LogP contribution in [0, 0.1) is 12.1 Å². The highest BCUT2D eigenvalue weighted by Crippen LogP contribution is 2.41. The van der Waals surface area contributed by atoms with E-state index in [0.29, 0.717) is 0 Å². The average Bonchev–Trinajstić information content (AvgIpc) is 3.07. The standard InChI is InChI=1S/C25H24O/c1-2-3-4-7-17-26-21-15-13-19(14-16-21)22-11-8-12-24-23-10-6-5-9-20(23)18-25(22)24/h6,8-10,12-16H,2-4,7,17-18H2,1H3. The number of benzene rings is 3. The van der Waals surface area contributed by atoms with Crippen LogP contribution in [-0.4, -0.2) is 6.61 Å². The van der Waals surface area contributed by atoms with E-state index in [1.165, 1.54) is 52.6 Å². The van der Waals surface area contributed by atoms with Crippen molar-refractivity contribution in [3.05, 3.63) is 77.9 Å². The molecule has 4 rings (SSSR count). The van der Waals surface area contributed by atoms with Gasteiger partial charge in [-0.05, 0) is 70.5 Å². The molecule has 0 fully saturated rings. The van der Waals surface area contributed by atoms with Gasteiger partial charge in [-0.2, -0.15) is 0 Å². The summed E-state index contributed by atoms with van der Waals surface area (Å²) < 4.78 is 5.87. The smallest absolute Gasteiger partial charge is 0.119 e. The summed E-state index contributed by atoms with van der Waals surface area (Å²) in [5, 5.41) is 0. The zero-order valence-corrected chi connectivity index (χ0v) is 15.3. The number of rotatable bonds is 7. The Labute approximate surface area is 156 Å². The van der Waals surface area contributed by atoms with Crippen molar-refractivity contribution in [2.75, 3.05) is 6.61 Å². The van der Waals surface area contributed by atoms with Crippen molar-refractivity contribution in [3.8, 4) is 28.0 Å². The maximum Gasteiger partial charge on any atom is 0.119 e. The van der Waals surface area contributed by atoms with Crippen molar-refractivity contribution < 1.29 is 4.74 Å². The highest BCUT2D eigenvalue weighted by molar-refractivity contribution is 5.84. The lowest BCUT2D eigenvalue weighted by molar-refractivity contribution is 0.305. The second-order valence-electron chi connectivity index (χ2n) is 6.94. The molecule has 130 valence electrons. The van der Waals surface area contributed by atoms with Crippen LogP contribution in [0.4, 0.5) is 0 Å². The Balaban J connectivity index is 1.51. The third kappa shape index (κ3) is 3.39. The zero-order valence-electron chi connectivity index (χ0n) is 15.3. The van der Waals surface area contributed by atoms with Gasteiger partial charge < -0.3 is 4.74 Å². The first-order valence-electron chi connectivity index (χ1n) is 9.63. The van der Waals surface area contributed by atoms with Crippen molar-refractivity contribution in [1.82, 2.24) is 0 Å². The van der Waals surface area contributed by atoms with Crippen LogP contribution >= 0.6 is 0 Å². The highest BCUT2D eigenvalue weighted by Gasteiger charge is 2.21. The monoisotopic (exact) mass is 340 g/mol. The minimum Gasteiger partial charge on any atom is -0.494 e. The second kappa shape index (κ2) is 7.78. The molecule has 1 aliphatic carbocycles. The Hall–Kier alpha value is -2.54. The van der Waals surface area contributed by atoms with Gasteiger partial charge >= 0.3 is 0 Å². The Morgan fingerprint density at radius 1 is 0.923 bits per heavy atom. The summed E-state index contributed by atoms with van der Waals surface area (Å²) in [6.45, 7) is 3.03. The number of ether oxygens (including phenoxy) is 1. The fourth-order valence-electron chi connectivity index (χ4n) is 3.73. The SMILES string of the molecule is CCCCCCOc1ccc(-c2[c]ccc3c2Cc2c[c]ccc2-3)cc1. The molecule has 0 aliphatic heterocycles. The molecule has 1 aliphatic rings. The van der Waals surface area contributed by atoms with E-state index in [1.54, 1.807) is 0 Å². The molecule has 26 heavy (non-hydrogen) atoms. The summed E-state index contributed by atoms with van der Waals surface area (Å²) in [5.41, 5.74) is 7.80. The number of hydrogen-bond donors (Lipinski definition) is 0. The van der Waals surface area contributed by atoms with Gasteiger partial charge in [0.05, 0.1) is 6.61 Å². The fraction of sp³-hybridized carbons (Fsp3) is 0.280. The van der Waals surface area contributed by atoms with Crippen LogP contribution in [-0.2, 0) is 6.42 Å². The number of fused-ring (bicyclic) bond motifs is 3. The van der Waals surface area contributed by atoms with Crippen LogP contribution in [0.3, 0.4) is 0 Å². The van der Waals surface area contributed by atoms with E-state index in [-0.39, 0.29) is 0 Å². The average molecular weight is 340 g/mol. The predicted molar refractivity (Wildman–Crippen MR) is 107 cm³/mol. The molecule has 0 saturated heterocycles. The lowest BCUT2D eigenvalue weighted by Gasteiger charge is -2.10. The summed E-state index contributed by atoms with van der Waals surface area (Å²) in [5.74, 6) is 0.954. The van der Waals surface area contributed by atoms with Gasteiger partial charge in [0.25, 0.3) is 0 Å². The van der Waals surface area contributed by atoms with Gasteiger partial charge in [-0.15, -0.1) is 0 Å². The van der Waals surface area contributed by atoms with Gasteiger partial charge in [0.1, 0.15) is 5.75 Å². The molecule has 0 saturated carbocycles. The number of hydrogen-bond acceptors (Lipinski definition) is 1. The summed E-state index contributed by atoms with van der Waals surface area (Å²) in [6.07, 6.45) is 5.89. The van der Waals surface area contributed by atoms with Gasteiger partial charge in [-0.1, -0.05) is 68.7 Å². The molecule has 0 heterocycles. The molecule has 0 spiro atoms. The first-order chi connectivity index (χ1) is 12.9. The normalized spacial score (nSPS) is 11.9. The first-order valence-corrected chi connectivity index (χ1v) is 9.63. The maximum atomic E-state index is 5.87. The molecule has 0 N–H and O–H groups in total. The molecule has 0 bridgehead atoms. The molecule has 0 aromatic heterocycles. The van der Waals surface area contributed by atoms with Gasteiger partial charge in [0.2, 0.25) is 0 Å². The van der Waals surface area contributed by atoms with Crippen molar-refractivity contribution in [1.29, 1.82) is 0 Å². The van der Waals surface area contributed by atoms with Gasteiger partial charge in [0.15, 0.2) is 0 Å². The molecule has 2 radical (unpaired) electrons. The second-order valence-corrected chi connectivity index (χ2v) is 6.94. The van der Waals surface area contributed by atoms with Crippen molar-refractivity contribution in [2.24, 2.45) is 0 Å². The molecule has 0 atom stereocenters. The summed E-state index contributed by atoms with van der Waals surface area (Å²) >= 11 is 0. The fourth-order valence-corrected chi connectivity index (χ4v) is 3.73. The van der Waals surface area contributed by atoms with Crippen LogP contribution in [0.25, 0.3) is 22.3 Å². The molecule has 3 aromatic rings. The number of unbranched alkanes of at least 4 members (excludes halogenated alkanes) is 3. The molecule has 0 amide bonds. The minimum absolute atomic E-state index is 0.804. The van der Waals surface area contributed by atoms with Crippen LogP contribution in [0.5, 0.6) is 5.75 Å². The minimum atomic E-state index is 0.804. The first kappa shape index (κ1) is 16.9. The molecule has 1 heteroatoms. The van der Waals surface area contributed by atoms with Crippen molar-refractivity contribution >= 4 is 0 Å². The van der Waals surface area contributed by atoms with Gasteiger partial charge in [-0.25, -0.2) is 0 Å². The zero-order chi connectivity index (χ0) is 17.8. The predicted octanol–water partition coefficient (Wildman–Crippen LogP) is 6.48. The molecule has 3 aromatic carbocycles. The van der Waals surface area contributed by atoms with E-state index in [9.17, 15) is 0 Å². The highest BCUT2D eigenvalue weighted by atomic mass is 16.5. The summed E-state index contributed by atoms with van der Waals surface area (Å²) in [4.78, 5) is 0.